The van der Waals surface area contributed by atoms with Gasteiger partial charge in [-0.15, -0.1) is 0 Å². The van der Waals surface area contributed by atoms with Crippen molar-refractivity contribution in [2.75, 3.05) is 0 Å². The van der Waals surface area contributed by atoms with Crippen molar-refractivity contribution >= 4 is 0 Å². The van der Waals surface area contributed by atoms with Gasteiger partial charge in [-0.3, -0.25) is 0 Å². The first-order chi connectivity index (χ1) is 5.25. The zero-order valence-corrected chi connectivity index (χ0v) is 7.13. The highest BCUT2D eigenvalue weighted by Gasteiger charge is 2.10. The third-order valence-electron chi connectivity index (χ3n) is 1.84. The summed E-state index contributed by atoms with van der Waals surface area (Å²) in [6.45, 7) is 4.15. The second-order valence-corrected chi connectivity index (χ2v) is 2.86. The van der Waals surface area contributed by atoms with E-state index in [1.807, 2.05) is 13.0 Å². The molecule has 1 rings (SSSR count). The number of hydrogen-bond acceptors (Lipinski definition) is 2. The van der Waals surface area contributed by atoms with Gasteiger partial charge in [0.2, 0.25) is 0 Å². The highest BCUT2D eigenvalue weighted by Crippen LogP contribution is 2.19. The minimum atomic E-state index is 0.0787. The lowest BCUT2D eigenvalue weighted by Crippen LogP contribution is -2.09. The summed E-state index contributed by atoms with van der Waals surface area (Å²) in [6.07, 6.45) is 3.79. The normalized spacial score (nSPS) is 13.4. The maximum atomic E-state index is 5.86. The Bertz CT molecular complexity index is 217. The van der Waals surface area contributed by atoms with Gasteiger partial charge in [-0.05, 0) is 25.0 Å². The van der Waals surface area contributed by atoms with E-state index in [9.17, 15) is 0 Å². The lowest BCUT2D eigenvalue weighted by atomic mass is 10.1. The van der Waals surface area contributed by atoms with Gasteiger partial charge in [0.05, 0.1) is 12.3 Å². The molecule has 1 aromatic heterocycles. The molecular formula is C9H15NO. The van der Waals surface area contributed by atoms with Crippen molar-refractivity contribution in [2.45, 2.75) is 32.7 Å². The molecule has 0 aliphatic carbocycles. The first kappa shape index (κ1) is 8.34. The summed E-state index contributed by atoms with van der Waals surface area (Å²) in [4.78, 5) is 0. The van der Waals surface area contributed by atoms with E-state index in [0.717, 1.165) is 24.2 Å². The molecule has 0 spiro atoms. The molecule has 2 heteroatoms. The van der Waals surface area contributed by atoms with Gasteiger partial charge in [0, 0.05) is 0 Å². The summed E-state index contributed by atoms with van der Waals surface area (Å²) in [5.41, 5.74) is 7.02. The average molecular weight is 153 g/mol. The van der Waals surface area contributed by atoms with Crippen molar-refractivity contribution in [3.63, 3.8) is 0 Å². The second-order valence-electron chi connectivity index (χ2n) is 2.86. The molecule has 0 unspecified atom stereocenters. The molecule has 1 atom stereocenters. The van der Waals surface area contributed by atoms with Crippen molar-refractivity contribution in [3.05, 3.63) is 23.7 Å². The van der Waals surface area contributed by atoms with E-state index in [1.54, 1.807) is 6.26 Å². The monoisotopic (exact) mass is 153 g/mol. The van der Waals surface area contributed by atoms with Crippen molar-refractivity contribution in [1.29, 1.82) is 0 Å². The fraction of sp³-hybridized carbons (Fsp3) is 0.556. The molecule has 1 heterocycles. The fourth-order valence-electron chi connectivity index (χ4n) is 1.21. The van der Waals surface area contributed by atoms with E-state index in [0.29, 0.717) is 0 Å². The minimum Gasteiger partial charge on any atom is -0.467 e. The highest BCUT2D eigenvalue weighted by atomic mass is 16.3. The summed E-state index contributed by atoms with van der Waals surface area (Å²) in [5, 5.41) is 0. The Labute approximate surface area is 67.4 Å². The van der Waals surface area contributed by atoms with Crippen LogP contribution in [0.25, 0.3) is 0 Å². The number of furan rings is 1. The van der Waals surface area contributed by atoms with Gasteiger partial charge in [0.1, 0.15) is 5.76 Å². The third-order valence-corrected chi connectivity index (χ3v) is 1.84. The molecule has 0 aromatic carbocycles. The van der Waals surface area contributed by atoms with Gasteiger partial charge in [0.25, 0.3) is 0 Å². The van der Waals surface area contributed by atoms with E-state index in [1.165, 1.54) is 0 Å². The van der Waals surface area contributed by atoms with Crippen LogP contribution in [0.15, 0.2) is 16.7 Å². The van der Waals surface area contributed by atoms with E-state index < -0.39 is 0 Å². The molecule has 11 heavy (non-hydrogen) atoms. The first-order valence-electron chi connectivity index (χ1n) is 4.05. The summed E-state index contributed by atoms with van der Waals surface area (Å²) in [5.74, 6) is 0.937. The van der Waals surface area contributed by atoms with Crippen LogP contribution in [0.2, 0.25) is 0 Å². The summed E-state index contributed by atoms with van der Waals surface area (Å²) < 4.78 is 5.25. The van der Waals surface area contributed by atoms with E-state index >= 15 is 0 Å². The zero-order valence-electron chi connectivity index (χ0n) is 7.13. The largest absolute Gasteiger partial charge is 0.467 e. The van der Waals surface area contributed by atoms with Gasteiger partial charge in [-0.1, -0.05) is 13.3 Å². The van der Waals surface area contributed by atoms with Crippen molar-refractivity contribution in [3.8, 4) is 0 Å². The Morgan fingerprint density at radius 1 is 1.64 bits per heavy atom. The zero-order chi connectivity index (χ0) is 8.27. The van der Waals surface area contributed by atoms with Crippen molar-refractivity contribution in [2.24, 2.45) is 5.73 Å². The van der Waals surface area contributed by atoms with Crippen molar-refractivity contribution < 1.29 is 4.42 Å². The van der Waals surface area contributed by atoms with E-state index in [4.69, 9.17) is 10.2 Å². The lowest BCUT2D eigenvalue weighted by Gasteiger charge is -2.07. The predicted octanol–water partition coefficient (Wildman–Crippen LogP) is 2.39. The SMILES string of the molecule is CCC[C@H](N)c1occc1C. The Balaban J connectivity index is 2.67. The molecular weight excluding hydrogens is 138 g/mol. The maximum Gasteiger partial charge on any atom is 0.123 e. The molecule has 0 amide bonds. The second kappa shape index (κ2) is 3.58. The van der Waals surface area contributed by atoms with Crippen LogP contribution in [-0.4, -0.2) is 0 Å². The molecule has 0 saturated carbocycles. The van der Waals surface area contributed by atoms with Crippen LogP contribution in [0.4, 0.5) is 0 Å². The quantitative estimate of drug-likeness (QED) is 0.724. The minimum absolute atomic E-state index is 0.0787. The topological polar surface area (TPSA) is 39.2 Å². The van der Waals surface area contributed by atoms with E-state index in [-0.39, 0.29) is 6.04 Å². The molecule has 1 aromatic rings. The number of rotatable bonds is 3. The summed E-state index contributed by atoms with van der Waals surface area (Å²) >= 11 is 0. The molecule has 0 radical (unpaired) electrons. The van der Waals surface area contributed by atoms with Gasteiger partial charge in [0.15, 0.2) is 0 Å². The highest BCUT2D eigenvalue weighted by molar-refractivity contribution is 5.17. The Morgan fingerprint density at radius 3 is 2.82 bits per heavy atom. The molecule has 2 nitrogen and oxygen atoms in total. The Morgan fingerprint density at radius 2 is 2.36 bits per heavy atom. The molecule has 0 saturated heterocycles. The van der Waals surface area contributed by atoms with Crippen LogP contribution in [0.5, 0.6) is 0 Å². The van der Waals surface area contributed by atoms with Gasteiger partial charge in [-0.25, -0.2) is 0 Å². The van der Waals surface area contributed by atoms with Crippen LogP contribution >= 0.6 is 0 Å². The van der Waals surface area contributed by atoms with Crippen LogP contribution in [0.3, 0.4) is 0 Å². The maximum absolute atomic E-state index is 5.86. The van der Waals surface area contributed by atoms with E-state index in [2.05, 4.69) is 6.92 Å². The summed E-state index contributed by atoms with van der Waals surface area (Å²) in [6, 6.07) is 2.03. The standard InChI is InChI=1S/C9H15NO/c1-3-4-8(10)9-7(2)5-6-11-9/h5-6,8H,3-4,10H2,1-2H3/t8-/m0/s1. The number of aryl methyl sites for hydroxylation is 1. The molecule has 0 bridgehead atoms. The lowest BCUT2D eigenvalue weighted by molar-refractivity contribution is 0.447. The predicted molar refractivity (Wildman–Crippen MR) is 45.3 cm³/mol. The molecule has 0 fully saturated rings. The van der Waals surface area contributed by atoms with Gasteiger partial charge >= 0.3 is 0 Å². The average Bonchev–Trinajstić information content (AvgIpc) is 2.36. The van der Waals surface area contributed by atoms with Crippen LogP contribution in [0, 0.1) is 6.92 Å². The fourth-order valence-corrected chi connectivity index (χ4v) is 1.21. The molecule has 2 N–H and O–H groups in total. The van der Waals surface area contributed by atoms with Crippen LogP contribution < -0.4 is 5.73 Å². The first-order valence-corrected chi connectivity index (χ1v) is 4.05. The third kappa shape index (κ3) is 1.84. The Hall–Kier alpha value is -0.760. The molecule has 0 aliphatic heterocycles. The van der Waals surface area contributed by atoms with Crippen molar-refractivity contribution in [1.82, 2.24) is 0 Å². The molecule has 62 valence electrons. The van der Waals surface area contributed by atoms with Gasteiger partial charge in [-0.2, -0.15) is 0 Å². The van der Waals surface area contributed by atoms with Gasteiger partial charge < -0.3 is 10.2 Å². The smallest absolute Gasteiger partial charge is 0.123 e. The number of nitrogens with two attached hydrogens (primary N) is 1. The number of hydrogen-bond donors (Lipinski definition) is 1. The Kier molecular flexibility index (Phi) is 2.71. The van der Waals surface area contributed by atoms with Crippen LogP contribution in [-0.2, 0) is 0 Å². The summed E-state index contributed by atoms with van der Waals surface area (Å²) in [7, 11) is 0. The van der Waals surface area contributed by atoms with Crippen LogP contribution in [0.1, 0.15) is 37.1 Å². The molecule has 0 aliphatic rings.